The molecular formula is C21H19ClFN5OS. The molecule has 154 valence electrons. The standard InChI is InChI=1S/C21H19ClFN5OS/c1-14-12-15(8-9-17(14)22)28(11-5-10-24)19(29)13-30-21-26-25-20(27(21)2)16-6-3-4-7-18(16)23/h3-4,6-9,12H,5,11,13H2,1-2H3. The first kappa shape index (κ1) is 21.8. The van der Waals surface area contributed by atoms with Gasteiger partial charge >= 0.3 is 0 Å². The minimum atomic E-state index is -0.388. The zero-order valence-electron chi connectivity index (χ0n) is 16.5. The number of amides is 1. The van der Waals surface area contributed by atoms with Crippen molar-refractivity contribution >= 4 is 35.0 Å². The van der Waals surface area contributed by atoms with E-state index in [4.69, 9.17) is 16.9 Å². The second-order valence-electron chi connectivity index (χ2n) is 6.52. The molecule has 0 N–H and O–H groups in total. The Balaban J connectivity index is 1.76. The van der Waals surface area contributed by atoms with Gasteiger partial charge in [0.2, 0.25) is 5.91 Å². The lowest BCUT2D eigenvalue weighted by atomic mass is 10.2. The van der Waals surface area contributed by atoms with Crippen LogP contribution in [0.25, 0.3) is 11.4 Å². The number of aromatic nitrogens is 3. The van der Waals surface area contributed by atoms with Crippen molar-refractivity contribution in [2.75, 3.05) is 17.2 Å². The molecule has 0 saturated carbocycles. The molecule has 0 unspecified atom stereocenters. The van der Waals surface area contributed by atoms with Crippen LogP contribution in [-0.4, -0.2) is 33.0 Å². The Morgan fingerprint density at radius 3 is 2.77 bits per heavy atom. The number of benzene rings is 2. The van der Waals surface area contributed by atoms with Gasteiger partial charge in [-0.2, -0.15) is 5.26 Å². The fourth-order valence-corrected chi connectivity index (χ4v) is 3.78. The van der Waals surface area contributed by atoms with Crippen LogP contribution in [0.15, 0.2) is 47.6 Å². The van der Waals surface area contributed by atoms with Gasteiger partial charge in [0.1, 0.15) is 5.82 Å². The molecule has 1 heterocycles. The SMILES string of the molecule is Cc1cc(N(CCC#N)C(=O)CSc2nnc(-c3ccccc3F)n2C)ccc1Cl. The van der Waals surface area contributed by atoms with E-state index in [0.29, 0.717) is 27.3 Å². The second-order valence-corrected chi connectivity index (χ2v) is 7.87. The predicted molar refractivity (Wildman–Crippen MR) is 116 cm³/mol. The van der Waals surface area contributed by atoms with E-state index in [2.05, 4.69) is 16.3 Å². The third-order valence-corrected chi connectivity index (χ3v) is 5.90. The molecule has 0 aliphatic heterocycles. The Morgan fingerprint density at radius 1 is 1.30 bits per heavy atom. The number of carbonyl (C=O) groups excluding carboxylic acids is 1. The topological polar surface area (TPSA) is 74.8 Å². The first-order valence-corrected chi connectivity index (χ1v) is 10.5. The molecule has 0 bridgehead atoms. The first-order valence-electron chi connectivity index (χ1n) is 9.13. The zero-order chi connectivity index (χ0) is 21.7. The number of aryl methyl sites for hydroxylation is 1. The van der Waals surface area contributed by atoms with Gasteiger partial charge in [0.25, 0.3) is 0 Å². The van der Waals surface area contributed by atoms with Gasteiger partial charge in [-0.05, 0) is 42.8 Å². The number of rotatable bonds is 7. The highest BCUT2D eigenvalue weighted by atomic mass is 35.5. The lowest BCUT2D eigenvalue weighted by molar-refractivity contribution is -0.116. The number of hydrogen-bond acceptors (Lipinski definition) is 5. The van der Waals surface area contributed by atoms with Crippen LogP contribution >= 0.6 is 23.4 Å². The molecule has 9 heteroatoms. The molecule has 6 nitrogen and oxygen atoms in total. The molecule has 1 aromatic heterocycles. The molecule has 0 radical (unpaired) electrons. The van der Waals surface area contributed by atoms with E-state index in [1.807, 2.05) is 13.0 Å². The number of nitrogens with zero attached hydrogens (tertiary/aromatic N) is 5. The average Bonchev–Trinajstić information content (AvgIpc) is 3.09. The summed E-state index contributed by atoms with van der Waals surface area (Å²) in [5.41, 5.74) is 1.88. The highest BCUT2D eigenvalue weighted by Crippen LogP contribution is 2.27. The lowest BCUT2D eigenvalue weighted by Gasteiger charge is -2.22. The Morgan fingerprint density at radius 2 is 2.07 bits per heavy atom. The third-order valence-electron chi connectivity index (χ3n) is 4.48. The molecule has 0 atom stereocenters. The lowest BCUT2D eigenvalue weighted by Crippen LogP contribution is -2.33. The average molecular weight is 444 g/mol. The zero-order valence-corrected chi connectivity index (χ0v) is 18.0. The van der Waals surface area contributed by atoms with Gasteiger partial charge in [-0.25, -0.2) is 4.39 Å². The van der Waals surface area contributed by atoms with Crippen molar-refractivity contribution in [3.63, 3.8) is 0 Å². The molecule has 3 aromatic rings. The molecule has 0 aliphatic rings. The van der Waals surface area contributed by atoms with Gasteiger partial charge < -0.3 is 9.47 Å². The smallest absolute Gasteiger partial charge is 0.237 e. The van der Waals surface area contributed by atoms with E-state index in [9.17, 15) is 9.18 Å². The molecule has 2 aromatic carbocycles. The molecule has 0 spiro atoms. The highest BCUT2D eigenvalue weighted by Gasteiger charge is 2.19. The van der Waals surface area contributed by atoms with Crippen LogP contribution in [0.4, 0.5) is 10.1 Å². The number of carbonyl (C=O) groups is 1. The quantitative estimate of drug-likeness (QED) is 0.498. The highest BCUT2D eigenvalue weighted by molar-refractivity contribution is 7.99. The Hall–Kier alpha value is -2.89. The van der Waals surface area contributed by atoms with Crippen molar-refractivity contribution < 1.29 is 9.18 Å². The Kier molecular flexibility index (Phi) is 7.08. The summed E-state index contributed by atoms with van der Waals surface area (Å²) in [4.78, 5) is 14.5. The molecule has 0 saturated heterocycles. The summed E-state index contributed by atoms with van der Waals surface area (Å²) in [5.74, 6) is -0.0809. The molecular weight excluding hydrogens is 425 g/mol. The third kappa shape index (κ3) is 4.81. The van der Waals surface area contributed by atoms with Crippen molar-refractivity contribution in [1.82, 2.24) is 14.8 Å². The molecule has 0 fully saturated rings. The maximum atomic E-state index is 14.1. The summed E-state index contributed by atoms with van der Waals surface area (Å²) >= 11 is 7.29. The van der Waals surface area contributed by atoms with Crippen molar-refractivity contribution in [3.8, 4) is 17.5 Å². The van der Waals surface area contributed by atoms with Gasteiger partial charge in [0.05, 0.1) is 23.8 Å². The number of thioether (sulfide) groups is 1. The number of anilines is 1. The summed E-state index contributed by atoms with van der Waals surface area (Å²) in [6, 6.07) is 13.7. The van der Waals surface area contributed by atoms with E-state index in [-0.39, 0.29) is 30.4 Å². The van der Waals surface area contributed by atoms with E-state index >= 15 is 0 Å². The van der Waals surface area contributed by atoms with Crippen molar-refractivity contribution in [1.29, 1.82) is 5.26 Å². The Bertz CT molecular complexity index is 1110. The summed E-state index contributed by atoms with van der Waals surface area (Å²) in [6.07, 6.45) is 0.208. The van der Waals surface area contributed by atoms with Gasteiger partial charge in [-0.3, -0.25) is 4.79 Å². The van der Waals surface area contributed by atoms with Crippen LogP contribution < -0.4 is 4.90 Å². The van der Waals surface area contributed by atoms with Crippen molar-refractivity contribution in [3.05, 3.63) is 58.9 Å². The van der Waals surface area contributed by atoms with Crippen LogP contribution in [0.3, 0.4) is 0 Å². The Labute approximate surface area is 183 Å². The molecule has 0 aliphatic carbocycles. The molecule has 30 heavy (non-hydrogen) atoms. The normalized spacial score (nSPS) is 10.6. The number of halogens is 2. The first-order chi connectivity index (χ1) is 14.4. The monoisotopic (exact) mass is 443 g/mol. The fourth-order valence-electron chi connectivity index (χ4n) is 2.88. The van der Waals surface area contributed by atoms with E-state index in [1.54, 1.807) is 46.8 Å². The van der Waals surface area contributed by atoms with E-state index in [1.165, 1.54) is 17.8 Å². The van der Waals surface area contributed by atoms with Crippen LogP contribution in [0.1, 0.15) is 12.0 Å². The van der Waals surface area contributed by atoms with Gasteiger partial charge in [0.15, 0.2) is 11.0 Å². The second kappa shape index (κ2) is 9.74. The molecule has 3 rings (SSSR count). The number of hydrogen-bond donors (Lipinski definition) is 0. The maximum absolute atomic E-state index is 14.1. The van der Waals surface area contributed by atoms with Gasteiger partial charge in [0, 0.05) is 24.3 Å². The fraction of sp³-hybridized carbons (Fsp3) is 0.238. The summed E-state index contributed by atoms with van der Waals surface area (Å²) in [5, 5.41) is 18.2. The minimum absolute atomic E-state index is 0.0936. The molecule has 1 amide bonds. The largest absolute Gasteiger partial charge is 0.311 e. The summed E-state index contributed by atoms with van der Waals surface area (Å²) in [7, 11) is 1.73. The maximum Gasteiger partial charge on any atom is 0.237 e. The predicted octanol–water partition coefficient (Wildman–Crippen LogP) is 4.62. The minimum Gasteiger partial charge on any atom is -0.311 e. The van der Waals surface area contributed by atoms with Gasteiger partial charge in [-0.1, -0.05) is 35.5 Å². The van der Waals surface area contributed by atoms with E-state index < -0.39 is 0 Å². The van der Waals surface area contributed by atoms with Crippen LogP contribution in [-0.2, 0) is 11.8 Å². The van der Waals surface area contributed by atoms with Crippen LogP contribution in [0, 0.1) is 24.1 Å². The summed E-state index contributed by atoms with van der Waals surface area (Å²) < 4.78 is 15.7. The summed E-state index contributed by atoms with van der Waals surface area (Å²) in [6.45, 7) is 2.13. The van der Waals surface area contributed by atoms with Crippen molar-refractivity contribution in [2.45, 2.75) is 18.5 Å². The van der Waals surface area contributed by atoms with E-state index in [0.717, 1.165) is 5.56 Å². The van der Waals surface area contributed by atoms with Gasteiger partial charge in [-0.15, -0.1) is 10.2 Å². The van der Waals surface area contributed by atoms with Crippen LogP contribution in [0.5, 0.6) is 0 Å². The number of nitriles is 1. The van der Waals surface area contributed by atoms with Crippen LogP contribution in [0.2, 0.25) is 5.02 Å². The van der Waals surface area contributed by atoms with Crippen molar-refractivity contribution in [2.24, 2.45) is 7.05 Å².